The molecule has 8 nitrogen and oxygen atoms in total. The molecule has 0 bridgehead atoms. The van der Waals surface area contributed by atoms with E-state index < -0.39 is 17.7 Å². The van der Waals surface area contributed by atoms with Crippen LogP contribution in [0.25, 0.3) is 5.76 Å². The highest BCUT2D eigenvalue weighted by Gasteiger charge is 2.46. The number of aliphatic hydroxyl groups is 1. The number of carbonyl (C=O) groups excluding carboxylic acids is 2. The molecule has 1 aliphatic rings. The van der Waals surface area contributed by atoms with Gasteiger partial charge in [0.1, 0.15) is 18.1 Å². The molecule has 1 saturated heterocycles. The van der Waals surface area contributed by atoms with E-state index in [1.165, 1.54) is 12.0 Å². The fraction of sp³-hybridized carbons (Fsp3) is 0.353. The monoisotopic (exact) mass is 573 g/mol. The van der Waals surface area contributed by atoms with E-state index in [0.717, 1.165) is 17.5 Å². The predicted molar refractivity (Wildman–Crippen MR) is 161 cm³/mol. The Hall–Kier alpha value is -4.30. The van der Waals surface area contributed by atoms with Crippen LogP contribution in [0.15, 0.2) is 72.3 Å². The molecule has 0 radical (unpaired) electrons. The van der Waals surface area contributed by atoms with Crippen molar-refractivity contribution in [3.05, 3.63) is 94.6 Å². The van der Waals surface area contributed by atoms with Crippen molar-refractivity contribution in [3.8, 4) is 17.2 Å². The van der Waals surface area contributed by atoms with Crippen LogP contribution in [0.5, 0.6) is 17.2 Å². The highest BCUT2D eigenvalue weighted by molar-refractivity contribution is 6.46. The largest absolute Gasteiger partial charge is 0.507 e. The van der Waals surface area contributed by atoms with Gasteiger partial charge in [0.05, 0.1) is 31.9 Å². The van der Waals surface area contributed by atoms with E-state index in [4.69, 9.17) is 18.9 Å². The SMILES string of the molecule is COCCN1C(=O)C(=O)C(=C(O)c2ccc(OCc3ccccc3C)cc2)C1c1ccc(OCCC(C)C)c(OC)c1. The Morgan fingerprint density at radius 3 is 2.33 bits per heavy atom. The summed E-state index contributed by atoms with van der Waals surface area (Å²) in [4.78, 5) is 27.9. The molecular weight excluding hydrogens is 534 g/mol. The van der Waals surface area contributed by atoms with Gasteiger partial charge in [0.25, 0.3) is 11.7 Å². The standard InChI is InChI=1S/C34H39NO7/c1-22(2)16-18-41-28-15-12-25(20-29(28)40-5)31-30(33(37)34(38)35(31)17-19-39-4)32(36)24-10-13-27(14-11-24)42-21-26-9-7-6-8-23(26)3/h6-15,20,22,31,36H,16-19,21H2,1-5H3. The van der Waals surface area contributed by atoms with Gasteiger partial charge in [-0.3, -0.25) is 9.59 Å². The number of methoxy groups -OCH3 is 2. The van der Waals surface area contributed by atoms with Gasteiger partial charge in [-0.05, 0) is 72.4 Å². The van der Waals surface area contributed by atoms with Crippen LogP contribution in [-0.4, -0.2) is 55.7 Å². The fourth-order valence-corrected chi connectivity index (χ4v) is 4.82. The minimum Gasteiger partial charge on any atom is -0.507 e. The molecule has 0 spiro atoms. The van der Waals surface area contributed by atoms with Crippen molar-refractivity contribution in [2.75, 3.05) is 34.0 Å². The van der Waals surface area contributed by atoms with Gasteiger partial charge >= 0.3 is 0 Å². The molecule has 1 amide bonds. The van der Waals surface area contributed by atoms with Crippen molar-refractivity contribution in [2.24, 2.45) is 5.92 Å². The Bertz CT molecular complexity index is 1430. The number of ether oxygens (including phenoxy) is 4. The number of hydrogen-bond donors (Lipinski definition) is 1. The van der Waals surface area contributed by atoms with E-state index in [1.54, 1.807) is 49.6 Å². The van der Waals surface area contributed by atoms with Gasteiger partial charge in [-0.25, -0.2) is 0 Å². The quantitative estimate of drug-likeness (QED) is 0.151. The average molecular weight is 574 g/mol. The van der Waals surface area contributed by atoms with Gasteiger partial charge in [0.15, 0.2) is 11.5 Å². The van der Waals surface area contributed by atoms with E-state index in [2.05, 4.69) is 13.8 Å². The number of benzene rings is 3. The number of rotatable bonds is 13. The lowest BCUT2D eigenvalue weighted by Gasteiger charge is -2.25. The number of carbonyl (C=O) groups is 2. The Morgan fingerprint density at radius 2 is 1.67 bits per heavy atom. The van der Waals surface area contributed by atoms with Crippen LogP contribution in [-0.2, 0) is 20.9 Å². The summed E-state index contributed by atoms with van der Waals surface area (Å²) < 4.78 is 22.7. The third kappa shape index (κ3) is 6.94. The van der Waals surface area contributed by atoms with Crippen molar-refractivity contribution in [3.63, 3.8) is 0 Å². The number of Topliss-reactive ketones (excluding diaryl/α,β-unsaturated/α-hetero) is 1. The normalized spacial score (nSPS) is 16.2. The lowest BCUT2D eigenvalue weighted by atomic mass is 9.95. The molecule has 0 aromatic heterocycles. The van der Waals surface area contributed by atoms with Crippen LogP contribution in [0.1, 0.15) is 48.6 Å². The molecule has 222 valence electrons. The van der Waals surface area contributed by atoms with E-state index in [1.807, 2.05) is 31.2 Å². The maximum Gasteiger partial charge on any atom is 0.295 e. The van der Waals surface area contributed by atoms with Crippen LogP contribution < -0.4 is 14.2 Å². The van der Waals surface area contributed by atoms with E-state index in [-0.39, 0.29) is 24.5 Å². The van der Waals surface area contributed by atoms with Crippen molar-refractivity contribution >= 4 is 17.4 Å². The Morgan fingerprint density at radius 1 is 0.929 bits per heavy atom. The first-order valence-corrected chi connectivity index (χ1v) is 14.1. The van der Waals surface area contributed by atoms with Gasteiger partial charge in [0.2, 0.25) is 0 Å². The molecule has 0 aliphatic carbocycles. The van der Waals surface area contributed by atoms with Gasteiger partial charge in [0, 0.05) is 19.2 Å². The summed E-state index contributed by atoms with van der Waals surface area (Å²) >= 11 is 0. The van der Waals surface area contributed by atoms with Crippen LogP contribution in [0, 0.1) is 12.8 Å². The van der Waals surface area contributed by atoms with Crippen LogP contribution >= 0.6 is 0 Å². The lowest BCUT2D eigenvalue weighted by molar-refractivity contribution is -0.140. The van der Waals surface area contributed by atoms with Crippen molar-refractivity contribution in [2.45, 2.75) is 39.8 Å². The summed E-state index contributed by atoms with van der Waals surface area (Å²) in [5.41, 5.74) is 3.22. The molecule has 3 aromatic carbocycles. The highest BCUT2D eigenvalue weighted by atomic mass is 16.5. The second-order valence-corrected chi connectivity index (χ2v) is 10.7. The molecule has 1 unspecified atom stereocenters. The number of aliphatic hydroxyl groups excluding tert-OH is 1. The maximum absolute atomic E-state index is 13.3. The number of aryl methyl sites for hydroxylation is 1. The van der Waals surface area contributed by atoms with E-state index in [0.29, 0.717) is 47.5 Å². The predicted octanol–water partition coefficient (Wildman–Crippen LogP) is 6.08. The molecule has 1 aliphatic heterocycles. The summed E-state index contributed by atoms with van der Waals surface area (Å²) in [5, 5.41) is 11.4. The number of amides is 1. The molecule has 3 aromatic rings. The Labute approximate surface area is 247 Å². The van der Waals surface area contributed by atoms with Gasteiger partial charge in [-0.2, -0.15) is 0 Å². The first kappa shape index (κ1) is 30.7. The third-order valence-electron chi connectivity index (χ3n) is 7.32. The minimum absolute atomic E-state index is 0.000195. The first-order valence-electron chi connectivity index (χ1n) is 14.1. The zero-order valence-electron chi connectivity index (χ0n) is 24.9. The molecule has 1 atom stereocenters. The van der Waals surface area contributed by atoms with Gasteiger partial charge in [-0.1, -0.05) is 44.2 Å². The van der Waals surface area contributed by atoms with E-state index in [9.17, 15) is 14.7 Å². The Balaban J connectivity index is 1.66. The lowest BCUT2D eigenvalue weighted by Crippen LogP contribution is -2.32. The van der Waals surface area contributed by atoms with Crippen LogP contribution in [0.4, 0.5) is 0 Å². The molecule has 42 heavy (non-hydrogen) atoms. The minimum atomic E-state index is -0.837. The summed E-state index contributed by atoms with van der Waals surface area (Å²) in [6.07, 6.45) is 0.887. The van der Waals surface area contributed by atoms with Crippen molar-refractivity contribution in [1.82, 2.24) is 4.90 Å². The summed E-state index contributed by atoms with van der Waals surface area (Å²) in [7, 11) is 3.07. The number of nitrogens with zero attached hydrogens (tertiary/aromatic N) is 1. The fourth-order valence-electron chi connectivity index (χ4n) is 4.82. The van der Waals surface area contributed by atoms with E-state index >= 15 is 0 Å². The maximum atomic E-state index is 13.3. The number of ketones is 1. The first-order chi connectivity index (χ1) is 20.2. The van der Waals surface area contributed by atoms with Crippen molar-refractivity contribution in [1.29, 1.82) is 0 Å². The zero-order valence-corrected chi connectivity index (χ0v) is 24.9. The summed E-state index contributed by atoms with van der Waals surface area (Å²) in [6.45, 7) is 7.61. The second-order valence-electron chi connectivity index (χ2n) is 10.7. The van der Waals surface area contributed by atoms with Crippen LogP contribution in [0.2, 0.25) is 0 Å². The van der Waals surface area contributed by atoms with Gasteiger partial charge in [-0.15, -0.1) is 0 Å². The third-order valence-corrected chi connectivity index (χ3v) is 7.32. The highest BCUT2D eigenvalue weighted by Crippen LogP contribution is 2.42. The molecule has 8 heteroatoms. The molecule has 0 saturated carbocycles. The van der Waals surface area contributed by atoms with Crippen LogP contribution in [0.3, 0.4) is 0 Å². The van der Waals surface area contributed by atoms with Crippen molar-refractivity contribution < 1.29 is 33.6 Å². The summed E-state index contributed by atoms with van der Waals surface area (Å²) in [5.74, 6) is 0.424. The average Bonchev–Trinajstić information content (AvgIpc) is 3.24. The second kappa shape index (κ2) is 14.0. The topological polar surface area (TPSA) is 94.5 Å². The Kier molecular flexibility index (Phi) is 10.3. The zero-order chi connectivity index (χ0) is 30.2. The number of hydrogen-bond acceptors (Lipinski definition) is 7. The molecule has 1 heterocycles. The summed E-state index contributed by atoms with van der Waals surface area (Å²) in [6, 6.07) is 19.3. The molecular formula is C34H39NO7. The smallest absolute Gasteiger partial charge is 0.295 e. The number of likely N-dealkylation sites (tertiary alicyclic amines) is 1. The molecule has 1 fully saturated rings. The van der Waals surface area contributed by atoms with Gasteiger partial charge < -0.3 is 29.0 Å². The molecule has 1 N–H and O–H groups in total. The molecule has 4 rings (SSSR count).